The second kappa shape index (κ2) is 6.48. The van der Waals surface area contributed by atoms with E-state index in [-0.39, 0.29) is 19.5 Å². The Hall–Kier alpha value is -2.41. The maximum absolute atomic E-state index is 13.0. The molecule has 1 aliphatic rings. The van der Waals surface area contributed by atoms with Crippen LogP contribution < -0.4 is 0 Å². The molecule has 0 amide bonds. The number of halogens is 4. The molecule has 25 heavy (non-hydrogen) atoms. The molecule has 3 nitrogen and oxygen atoms in total. The van der Waals surface area contributed by atoms with Crippen LogP contribution >= 0.6 is 0 Å². The molecule has 1 heterocycles. The topological polar surface area (TPSA) is 40.5 Å². The van der Waals surface area contributed by atoms with Gasteiger partial charge in [0, 0.05) is 13.1 Å². The third-order valence-corrected chi connectivity index (χ3v) is 4.35. The minimum Gasteiger partial charge on any atom is -0.480 e. The van der Waals surface area contributed by atoms with E-state index < -0.39 is 29.6 Å². The van der Waals surface area contributed by atoms with Gasteiger partial charge in [0.2, 0.25) is 0 Å². The standard InChI is InChI=1S/C18H15F4NO2/c19-15-5-1-11(2-6-15)9-23-10-13-7-14(18(20,21)22)4-3-12(13)8-16(23)17(24)25/h1-7,16H,8-10H2,(H,24,25)/t16-/m1/s1. The number of hydrogen-bond acceptors (Lipinski definition) is 2. The van der Waals surface area contributed by atoms with E-state index in [9.17, 15) is 27.5 Å². The summed E-state index contributed by atoms with van der Waals surface area (Å²) in [6.07, 6.45) is -4.32. The van der Waals surface area contributed by atoms with Crippen LogP contribution in [0.15, 0.2) is 42.5 Å². The van der Waals surface area contributed by atoms with Crippen LogP contribution in [-0.4, -0.2) is 22.0 Å². The molecule has 7 heteroatoms. The lowest BCUT2D eigenvalue weighted by Crippen LogP contribution is -2.45. The number of fused-ring (bicyclic) bond motifs is 1. The summed E-state index contributed by atoms with van der Waals surface area (Å²) < 4.78 is 51.7. The van der Waals surface area contributed by atoms with Crippen molar-refractivity contribution in [3.05, 3.63) is 70.5 Å². The van der Waals surface area contributed by atoms with Gasteiger partial charge in [-0.2, -0.15) is 13.2 Å². The Morgan fingerprint density at radius 1 is 1.12 bits per heavy atom. The number of nitrogens with zero attached hydrogens (tertiary/aromatic N) is 1. The van der Waals surface area contributed by atoms with Crippen molar-refractivity contribution in [3.63, 3.8) is 0 Å². The molecule has 0 fully saturated rings. The average molecular weight is 353 g/mol. The first-order valence-corrected chi connectivity index (χ1v) is 7.64. The molecule has 0 aromatic heterocycles. The van der Waals surface area contributed by atoms with E-state index in [1.165, 1.54) is 30.3 Å². The van der Waals surface area contributed by atoms with Gasteiger partial charge in [-0.3, -0.25) is 9.69 Å². The molecule has 2 aromatic rings. The largest absolute Gasteiger partial charge is 0.480 e. The summed E-state index contributed by atoms with van der Waals surface area (Å²) in [4.78, 5) is 13.2. The first kappa shape index (κ1) is 17.4. The summed E-state index contributed by atoms with van der Waals surface area (Å²) in [5.41, 5.74) is 1.02. The molecule has 2 aromatic carbocycles. The number of hydrogen-bond donors (Lipinski definition) is 1. The number of carboxylic acid groups (broad SMARTS) is 1. The van der Waals surface area contributed by atoms with Crippen LogP contribution in [0.5, 0.6) is 0 Å². The van der Waals surface area contributed by atoms with Crippen molar-refractivity contribution in [1.29, 1.82) is 0 Å². The van der Waals surface area contributed by atoms with Gasteiger partial charge in [0.25, 0.3) is 0 Å². The van der Waals surface area contributed by atoms with Crippen molar-refractivity contribution in [1.82, 2.24) is 4.90 Å². The maximum atomic E-state index is 13.0. The zero-order valence-electron chi connectivity index (χ0n) is 13.1. The maximum Gasteiger partial charge on any atom is 0.416 e. The Labute approximate surface area is 141 Å². The van der Waals surface area contributed by atoms with Gasteiger partial charge < -0.3 is 5.11 Å². The minimum atomic E-state index is -4.44. The van der Waals surface area contributed by atoms with E-state index in [1.807, 2.05) is 0 Å². The van der Waals surface area contributed by atoms with E-state index in [0.717, 1.165) is 12.1 Å². The van der Waals surface area contributed by atoms with Crippen LogP contribution in [0.4, 0.5) is 17.6 Å². The third kappa shape index (κ3) is 3.82. The van der Waals surface area contributed by atoms with Gasteiger partial charge in [-0.1, -0.05) is 18.2 Å². The van der Waals surface area contributed by atoms with Crippen molar-refractivity contribution < 1.29 is 27.5 Å². The molecular weight excluding hydrogens is 338 g/mol. The Morgan fingerprint density at radius 2 is 1.80 bits per heavy atom. The van der Waals surface area contributed by atoms with Crippen molar-refractivity contribution >= 4 is 5.97 Å². The van der Waals surface area contributed by atoms with Gasteiger partial charge in [-0.25, -0.2) is 4.39 Å². The van der Waals surface area contributed by atoms with Crippen molar-refractivity contribution in [2.75, 3.05) is 0 Å². The van der Waals surface area contributed by atoms with Crippen LogP contribution in [0.2, 0.25) is 0 Å². The van der Waals surface area contributed by atoms with E-state index in [1.54, 1.807) is 4.90 Å². The lowest BCUT2D eigenvalue weighted by Gasteiger charge is -2.34. The lowest BCUT2D eigenvalue weighted by molar-refractivity contribution is -0.144. The lowest BCUT2D eigenvalue weighted by atomic mass is 9.92. The summed E-state index contributed by atoms with van der Waals surface area (Å²) in [7, 11) is 0. The van der Waals surface area contributed by atoms with Crippen LogP contribution in [0.3, 0.4) is 0 Å². The van der Waals surface area contributed by atoms with E-state index in [2.05, 4.69) is 0 Å². The fourth-order valence-electron chi connectivity index (χ4n) is 3.05. The minimum absolute atomic E-state index is 0.0909. The van der Waals surface area contributed by atoms with Crippen LogP contribution in [0, 0.1) is 5.82 Å². The molecule has 1 N–H and O–H groups in total. The molecule has 0 radical (unpaired) electrons. The fourth-order valence-corrected chi connectivity index (χ4v) is 3.05. The van der Waals surface area contributed by atoms with Crippen molar-refractivity contribution in [3.8, 4) is 0 Å². The smallest absolute Gasteiger partial charge is 0.416 e. The number of rotatable bonds is 3. The second-order valence-corrected chi connectivity index (χ2v) is 6.07. The monoisotopic (exact) mass is 353 g/mol. The second-order valence-electron chi connectivity index (χ2n) is 6.07. The Balaban J connectivity index is 1.90. The number of aliphatic carboxylic acids is 1. The summed E-state index contributed by atoms with van der Waals surface area (Å²) in [5, 5.41) is 9.46. The number of benzene rings is 2. The van der Waals surface area contributed by atoms with Crippen molar-refractivity contribution in [2.45, 2.75) is 31.7 Å². The number of alkyl halides is 3. The fraction of sp³-hybridized carbons (Fsp3) is 0.278. The molecule has 1 aliphatic heterocycles. The van der Waals surface area contributed by atoms with Gasteiger partial charge in [-0.15, -0.1) is 0 Å². The Morgan fingerprint density at radius 3 is 2.40 bits per heavy atom. The Bertz CT molecular complexity index is 787. The summed E-state index contributed by atoms with van der Waals surface area (Å²) >= 11 is 0. The summed E-state index contributed by atoms with van der Waals surface area (Å²) in [6, 6.07) is 8.18. The highest BCUT2D eigenvalue weighted by molar-refractivity contribution is 5.74. The number of carboxylic acids is 1. The third-order valence-electron chi connectivity index (χ3n) is 4.35. The van der Waals surface area contributed by atoms with E-state index in [4.69, 9.17) is 0 Å². The molecule has 132 valence electrons. The van der Waals surface area contributed by atoms with Gasteiger partial charge in [0.05, 0.1) is 5.56 Å². The molecule has 0 aliphatic carbocycles. The normalized spacial score (nSPS) is 18.0. The molecule has 0 unspecified atom stereocenters. The van der Waals surface area contributed by atoms with Crippen LogP contribution in [-0.2, 0) is 30.5 Å². The number of carbonyl (C=O) groups is 1. The molecule has 3 rings (SSSR count). The molecule has 0 bridgehead atoms. The average Bonchev–Trinajstić information content (AvgIpc) is 2.54. The van der Waals surface area contributed by atoms with Crippen LogP contribution in [0.25, 0.3) is 0 Å². The van der Waals surface area contributed by atoms with Crippen molar-refractivity contribution in [2.24, 2.45) is 0 Å². The first-order valence-electron chi connectivity index (χ1n) is 7.64. The van der Waals surface area contributed by atoms with Gasteiger partial charge >= 0.3 is 12.1 Å². The van der Waals surface area contributed by atoms with Gasteiger partial charge in [0.15, 0.2) is 0 Å². The first-order chi connectivity index (χ1) is 11.7. The highest BCUT2D eigenvalue weighted by atomic mass is 19.4. The molecule has 0 saturated heterocycles. The molecule has 1 atom stereocenters. The SMILES string of the molecule is O=C(O)[C@H]1Cc2ccc(C(F)(F)F)cc2CN1Cc1ccc(F)cc1. The zero-order chi connectivity index (χ0) is 18.2. The summed E-state index contributed by atoms with van der Waals surface area (Å²) in [6.45, 7) is 0.306. The Kier molecular flexibility index (Phi) is 4.51. The predicted octanol–water partition coefficient (Wildman–Crippen LogP) is 3.86. The highest BCUT2D eigenvalue weighted by Gasteiger charge is 2.35. The van der Waals surface area contributed by atoms with Gasteiger partial charge in [0.1, 0.15) is 11.9 Å². The van der Waals surface area contributed by atoms with Gasteiger partial charge in [-0.05, 0) is 47.4 Å². The highest BCUT2D eigenvalue weighted by Crippen LogP contribution is 2.33. The summed E-state index contributed by atoms with van der Waals surface area (Å²) in [5.74, 6) is -1.44. The van der Waals surface area contributed by atoms with Crippen LogP contribution in [0.1, 0.15) is 22.3 Å². The predicted molar refractivity (Wildman–Crippen MR) is 82.2 cm³/mol. The zero-order valence-corrected chi connectivity index (χ0v) is 13.1. The molecule has 0 spiro atoms. The quantitative estimate of drug-likeness (QED) is 0.852. The molecular formula is C18H15F4NO2. The van der Waals surface area contributed by atoms with E-state index >= 15 is 0 Å². The molecule has 0 saturated carbocycles. The van der Waals surface area contributed by atoms with E-state index in [0.29, 0.717) is 16.7 Å².